The summed E-state index contributed by atoms with van der Waals surface area (Å²) in [6.45, 7) is 3.26. The SMILES string of the molecule is CN=C(NCC1(C2CC2)CC1)NC(C)c1ccccc1.I. The van der Waals surface area contributed by atoms with Crippen LogP contribution in [-0.4, -0.2) is 19.6 Å². The molecule has 3 rings (SSSR count). The number of hydrogen-bond donors (Lipinski definition) is 2. The van der Waals surface area contributed by atoms with Gasteiger partial charge >= 0.3 is 0 Å². The van der Waals surface area contributed by atoms with E-state index in [-0.39, 0.29) is 30.0 Å². The number of nitrogens with one attached hydrogen (secondary N) is 2. The van der Waals surface area contributed by atoms with Gasteiger partial charge in [-0.2, -0.15) is 0 Å². The number of nitrogens with zero attached hydrogens (tertiary/aromatic N) is 1. The van der Waals surface area contributed by atoms with Crippen molar-refractivity contribution in [3.05, 3.63) is 35.9 Å². The van der Waals surface area contributed by atoms with E-state index in [1.54, 1.807) is 0 Å². The van der Waals surface area contributed by atoms with Crippen LogP contribution in [0, 0.1) is 11.3 Å². The Balaban J connectivity index is 0.00000161. The van der Waals surface area contributed by atoms with Gasteiger partial charge in [-0.25, -0.2) is 0 Å². The molecule has 1 aromatic rings. The van der Waals surface area contributed by atoms with Crippen molar-refractivity contribution >= 4 is 29.9 Å². The van der Waals surface area contributed by atoms with Gasteiger partial charge in [-0.3, -0.25) is 4.99 Å². The van der Waals surface area contributed by atoms with Gasteiger partial charge in [-0.05, 0) is 49.5 Å². The first-order valence-corrected chi connectivity index (χ1v) is 7.76. The van der Waals surface area contributed by atoms with E-state index in [0.717, 1.165) is 18.4 Å². The molecule has 0 heterocycles. The summed E-state index contributed by atoms with van der Waals surface area (Å²) in [6.07, 6.45) is 5.67. The van der Waals surface area contributed by atoms with Gasteiger partial charge < -0.3 is 10.6 Å². The molecule has 2 aliphatic rings. The Morgan fingerprint density at radius 1 is 1.29 bits per heavy atom. The van der Waals surface area contributed by atoms with Gasteiger partial charge in [0.2, 0.25) is 0 Å². The molecule has 116 valence electrons. The first-order valence-electron chi connectivity index (χ1n) is 7.76. The van der Waals surface area contributed by atoms with Crippen LogP contribution in [0.3, 0.4) is 0 Å². The third kappa shape index (κ3) is 4.11. The summed E-state index contributed by atoms with van der Waals surface area (Å²) in [6, 6.07) is 10.8. The number of benzene rings is 1. The van der Waals surface area contributed by atoms with E-state index >= 15 is 0 Å². The van der Waals surface area contributed by atoms with Crippen LogP contribution in [0.2, 0.25) is 0 Å². The zero-order valence-electron chi connectivity index (χ0n) is 12.9. The fourth-order valence-electron chi connectivity index (χ4n) is 3.07. The first-order chi connectivity index (χ1) is 9.73. The number of guanidine groups is 1. The number of halogens is 1. The molecule has 21 heavy (non-hydrogen) atoms. The normalized spacial score (nSPS) is 21.1. The minimum Gasteiger partial charge on any atom is -0.356 e. The maximum Gasteiger partial charge on any atom is 0.191 e. The molecule has 1 aromatic carbocycles. The minimum absolute atomic E-state index is 0. The van der Waals surface area contributed by atoms with E-state index in [9.17, 15) is 0 Å². The van der Waals surface area contributed by atoms with Crippen LogP contribution in [-0.2, 0) is 0 Å². The van der Waals surface area contributed by atoms with Crippen molar-refractivity contribution < 1.29 is 0 Å². The molecule has 0 bridgehead atoms. The van der Waals surface area contributed by atoms with Crippen molar-refractivity contribution in [2.45, 2.75) is 38.6 Å². The minimum atomic E-state index is 0. The third-order valence-electron chi connectivity index (χ3n) is 4.82. The highest BCUT2D eigenvalue weighted by molar-refractivity contribution is 14.0. The van der Waals surface area contributed by atoms with E-state index in [4.69, 9.17) is 0 Å². The van der Waals surface area contributed by atoms with Gasteiger partial charge in [0, 0.05) is 13.6 Å². The zero-order chi connectivity index (χ0) is 14.0. The molecule has 0 spiro atoms. The Morgan fingerprint density at radius 3 is 2.48 bits per heavy atom. The quantitative estimate of drug-likeness (QED) is 0.450. The molecule has 0 amide bonds. The standard InChI is InChI=1S/C17H25N3.HI/c1-13(14-6-4-3-5-7-14)20-16(18-2)19-12-17(10-11-17)15-8-9-15;/h3-7,13,15H,8-12H2,1-2H3,(H2,18,19,20);1H. The van der Waals surface area contributed by atoms with E-state index < -0.39 is 0 Å². The highest BCUT2D eigenvalue weighted by atomic mass is 127. The Labute approximate surface area is 145 Å². The second kappa shape index (κ2) is 6.99. The highest BCUT2D eigenvalue weighted by Gasteiger charge is 2.53. The van der Waals surface area contributed by atoms with Crippen LogP contribution >= 0.6 is 24.0 Å². The van der Waals surface area contributed by atoms with Crippen molar-refractivity contribution in [1.29, 1.82) is 0 Å². The molecule has 0 radical (unpaired) electrons. The summed E-state index contributed by atoms with van der Waals surface area (Å²) in [4.78, 5) is 4.36. The second-order valence-electron chi connectivity index (χ2n) is 6.34. The largest absolute Gasteiger partial charge is 0.356 e. The molecular formula is C17H26IN3. The summed E-state index contributed by atoms with van der Waals surface area (Å²) in [5, 5.41) is 7.01. The molecule has 1 unspecified atom stereocenters. The van der Waals surface area contributed by atoms with Crippen LogP contribution in [0.5, 0.6) is 0 Å². The molecule has 0 aliphatic heterocycles. The van der Waals surface area contributed by atoms with E-state index in [0.29, 0.717) is 5.41 Å². The van der Waals surface area contributed by atoms with Crippen LogP contribution < -0.4 is 10.6 Å². The second-order valence-corrected chi connectivity index (χ2v) is 6.34. The van der Waals surface area contributed by atoms with Crippen molar-refractivity contribution in [2.24, 2.45) is 16.3 Å². The van der Waals surface area contributed by atoms with Gasteiger partial charge in [0.25, 0.3) is 0 Å². The molecule has 3 nitrogen and oxygen atoms in total. The molecule has 0 aromatic heterocycles. The Bertz CT molecular complexity index is 478. The van der Waals surface area contributed by atoms with Crippen molar-refractivity contribution in [1.82, 2.24) is 10.6 Å². The van der Waals surface area contributed by atoms with Crippen molar-refractivity contribution in [3.63, 3.8) is 0 Å². The molecule has 2 saturated carbocycles. The monoisotopic (exact) mass is 399 g/mol. The fraction of sp³-hybridized carbons (Fsp3) is 0.588. The Hall–Kier alpha value is -0.780. The van der Waals surface area contributed by atoms with Gasteiger partial charge in [-0.15, -0.1) is 24.0 Å². The first kappa shape index (κ1) is 16.6. The smallest absolute Gasteiger partial charge is 0.191 e. The predicted octanol–water partition coefficient (Wildman–Crippen LogP) is 3.72. The highest BCUT2D eigenvalue weighted by Crippen LogP contribution is 2.60. The Morgan fingerprint density at radius 2 is 1.95 bits per heavy atom. The lowest BCUT2D eigenvalue weighted by Crippen LogP contribution is -2.41. The van der Waals surface area contributed by atoms with Crippen LogP contribution in [0.4, 0.5) is 0 Å². The van der Waals surface area contributed by atoms with E-state index in [1.165, 1.54) is 31.2 Å². The molecule has 0 saturated heterocycles. The molecule has 4 heteroatoms. The van der Waals surface area contributed by atoms with Gasteiger partial charge in [0.15, 0.2) is 5.96 Å². The van der Waals surface area contributed by atoms with Crippen LogP contribution in [0.1, 0.15) is 44.2 Å². The van der Waals surface area contributed by atoms with E-state index in [2.05, 4.69) is 52.9 Å². The van der Waals surface area contributed by atoms with Gasteiger partial charge in [-0.1, -0.05) is 30.3 Å². The molecule has 2 fully saturated rings. The predicted molar refractivity (Wildman–Crippen MR) is 99.2 cm³/mol. The van der Waals surface area contributed by atoms with Crippen molar-refractivity contribution in [2.75, 3.05) is 13.6 Å². The number of aliphatic imine (C=N–C) groups is 1. The summed E-state index contributed by atoms with van der Waals surface area (Å²) in [5.74, 6) is 1.91. The fourth-order valence-corrected chi connectivity index (χ4v) is 3.07. The molecule has 2 N–H and O–H groups in total. The lowest BCUT2D eigenvalue weighted by molar-refractivity contribution is 0.430. The summed E-state index contributed by atoms with van der Waals surface area (Å²) < 4.78 is 0. The molecule has 1 atom stereocenters. The topological polar surface area (TPSA) is 36.4 Å². The van der Waals surface area contributed by atoms with Crippen LogP contribution in [0.25, 0.3) is 0 Å². The van der Waals surface area contributed by atoms with E-state index in [1.807, 2.05) is 7.05 Å². The molecule has 2 aliphatic carbocycles. The summed E-state index contributed by atoms with van der Waals surface area (Å²) >= 11 is 0. The molecular weight excluding hydrogens is 373 g/mol. The van der Waals surface area contributed by atoms with Crippen molar-refractivity contribution in [3.8, 4) is 0 Å². The average molecular weight is 399 g/mol. The third-order valence-corrected chi connectivity index (χ3v) is 4.82. The van der Waals surface area contributed by atoms with Crippen LogP contribution in [0.15, 0.2) is 35.3 Å². The lowest BCUT2D eigenvalue weighted by Gasteiger charge is -2.21. The average Bonchev–Trinajstić information content (AvgIpc) is 3.37. The number of rotatable bonds is 5. The Kier molecular flexibility index (Phi) is 5.52. The maximum absolute atomic E-state index is 4.36. The zero-order valence-corrected chi connectivity index (χ0v) is 15.3. The summed E-state index contributed by atoms with van der Waals surface area (Å²) in [5.41, 5.74) is 1.90. The summed E-state index contributed by atoms with van der Waals surface area (Å²) in [7, 11) is 1.85. The van der Waals surface area contributed by atoms with Gasteiger partial charge in [0.05, 0.1) is 6.04 Å². The lowest BCUT2D eigenvalue weighted by atomic mass is 10.0. The number of hydrogen-bond acceptors (Lipinski definition) is 1. The van der Waals surface area contributed by atoms with Gasteiger partial charge in [0.1, 0.15) is 0 Å². The maximum atomic E-state index is 4.36.